The van der Waals surface area contributed by atoms with Crippen molar-refractivity contribution >= 4 is 67.7 Å². The second kappa shape index (κ2) is 9.98. The smallest absolute Gasteiger partial charge is 0.352 e. The van der Waals surface area contributed by atoms with Crippen molar-refractivity contribution in [2.75, 3.05) is 30.4 Å². The van der Waals surface area contributed by atoms with Crippen LogP contribution in [0, 0.1) is 0 Å². The third-order valence-electron chi connectivity index (χ3n) is 4.40. The van der Waals surface area contributed by atoms with E-state index in [9.17, 15) is 32.7 Å². The number of sulfonamides is 1. The molecule has 0 saturated carbocycles. The van der Waals surface area contributed by atoms with Gasteiger partial charge >= 0.3 is 11.9 Å². The van der Waals surface area contributed by atoms with Gasteiger partial charge in [0.2, 0.25) is 10.0 Å². The van der Waals surface area contributed by atoms with Crippen molar-refractivity contribution in [1.29, 1.82) is 0 Å². The molecule has 2 aliphatic rings. The monoisotopic (exact) mass is 533 g/mol. The van der Waals surface area contributed by atoms with Crippen LogP contribution >= 0.6 is 23.1 Å². The summed E-state index contributed by atoms with van der Waals surface area (Å²) in [6, 6.07) is -1.06. The Bertz CT molecular complexity index is 1210. The fourth-order valence-electron chi connectivity index (χ4n) is 3.08. The van der Waals surface area contributed by atoms with Gasteiger partial charge in [-0.25, -0.2) is 18.2 Å². The maximum atomic E-state index is 12.8. The number of thiazole rings is 1. The number of carbonyl (C=O) groups excluding carboxylic acids is 3. The summed E-state index contributed by atoms with van der Waals surface area (Å²) in [5.74, 6) is -3.28. The first-order valence-electron chi connectivity index (χ1n) is 9.32. The van der Waals surface area contributed by atoms with Gasteiger partial charge in [0, 0.05) is 23.6 Å². The number of ether oxygens (including phenoxy) is 1. The standard InChI is InChI=1S/C17H19N5O9S3/c1-7(23)31-4-8-5-32-15-11(14(25)22(15)12(8)16(26)27)19-13(24)10(20-30-2)9-6-33-17(18-9)21-34(3,28)29/h6,11,15H,4-5H2,1-3H3,(H,18,21)(H,19,24)(H,26,27)/t11-,15-/m1/s1. The van der Waals surface area contributed by atoms with Gasteiger partial charge in [0.1, 0.15) is 36.5 Å². The van der Waals surface area contributed by atoms with Crippen molar-refractivity contribution in [3.8, 4) is 0 Å². The van der Waals surface area contributed by atoms with Gasteiger partial charge in [0.25, 0.3) is 11.8 Å². The van der Waals surface area contributed by atoms with Crippen LogP contribution < -0.4 is 10.0 Å². The highest BCUT2D eigenvalue weighted by Crippen LogP contribution is 2.40. The number of hydrogen-bond donors (Lipinski definition) is 3. The highest BCUT2D eigenvalue weighted by atomic mass is 32.2. The van der Waals surface area contributed by atoms with E-state index in [1.165, 1.54) is 31.2 Å². The lowest BCUT2D eigenvalue weighted by Gasteiger charge is -2.49. The number of aromatic nitrogens is 1. The molecule has 0 radical (unpaired) electrons. The van der Waals surface area contributed by atoms with Gasteiger partial charge in [-0.3, -0.25) is 24.0 Å². The summed E-state index contributed by atoms with van der Waals surface area (Å²) < 4.78 is 29.8. The van der Waals surface area contributed by atoms with Crippen molar-refractivity contribution in [3.63, 3.8) is 0 Å². The molecule has 0 unspecified atom stereocenters. The van der Waals surface area contributed by atoms with Gasteiger partial charge in [-0.2, -0.15) is 0 Å². The zero-order valence-electron chi connectivity index (χ0n) is 17.9. The summed E-state index contributed by atoms with van der Waals surface area (Å²) >= 11 is 2.11. The Morgan fingerprint density at radius 3 is 2.68 bits per heavy atom. The normalized spacial score (nSPS) is 20.3. The zero-order chi connectivity index (χ0) is 25.2. The van der Waals surface area contributed by atoms with E-state index in [4.69, 9.17) is 9.57 Å². The number of nitrogens with one attached hydrogen (secondary N) is 2. The first-order chi connectivity index (χ1) is 15.9. The number of rotatable bonds is 9. The number of carbonyl (C=O) groups is 4. The van der Waals surface area contributed by atoms with Crippen LogP contribution in [0.1, 0.15) is 12.6 Å². The van der Waals surface area contributed by atoms with E-state index in [1.54, 1.807) is 0 Å². The van der Waals surface area contributed by atoms with E-state index in [1.807, 2.05) is 0 Å². The van der Waals surface area contributed by atoms with Crippen LogP contribution in [0.25, 0.3) is 0 Å². The van der Waals surface area contributed by atoms with Crippen LogP contribution in [0.15, 0.2) is 21.8 Å². The van der Waals surface area contributed by atoms with E-state index in [2.05, 4.69) is 20.2 Å². The number of anilines is 1. The molecule has 34 heavy (non-hydrogen) atoms. The molecule has 1 aromatic rings. The second-order valence-corrected chi connectivity index (χ2v) is 10.6. The molecule has 3 rings (SSSR count). The van der Waals surface area contributed by atoms with Crippen LogP contribution in [-0.4, -0.2) is 90.0 Å². The summed E-state index contributed by atoms with van der Waals surface area (Å²) in [5.41, 5.74) is -0.332. The molecule has 14 nitrogen and oxygen atoms in total. The number of amides is 2. The van der Waals surface area contributed by atoms with Gasteiger partial charge in [0.05, 0.1) is 6.26 Å². The minimum atomic E-state index is -3.59. The summed E-state index contributed by atoms with van der Waals surface area (Å²) in [7, 11) is -2.40. The van der Waals surface area contributed by atoms with Crippen molar-refractivity contribution < 1.29 is 42.3 Å². The number of nitrogens with zero attached hydrogens (tertiary/aromatic N) is 3. The molecule has 3 N–H and O–H groups in total. The molecule has 1 fully saturated rings. The van der Waals surface area contributed by atoms with Crippen molar-refractivity contribution in [1.82, 2.24) is 15.2 Å². The van der Waals surface area contributed by atoms with Crippen LogP contribution in [0.2, 0.25) is 0 Å². The third kappa shape index (κ3) is 5.48. The van der Waals surface area contributed by atoms with Gasteiger partial charge in [-0.15, -0.1) is 23.1 Å². The van der Waals surface area contributed by atoms with Gasteiger partial charge in [0.15, 0.2) is 10.8 Å². The molecule has 0 aliphatic carbocycles. The molecule has 0 spiro atoms. The molecule has 2 atom stereocenters. The molecular weight excluding hydrogens is 514 g/mol. The van der Waals surface area contributed by atoms with Crippen LogP contribution in [0.5, 0.6) is 0 Å². The van der Waals surface area contributed by atoms with Crippen LogP contribution in [0.3, 0.4) is 0 Å². The Hall–Kier alpha value is -3.18. The van der Waals surface area contributed by atoms with Crippen molar-refractivity contribution in [2.45, 2.75) is 18.3 Å². The molecule has 0 bridgehead atoms. The molecule has 184 valence electrons. The molecule has 1 aromatic heterocycles. The first kappa shape index (κ1) is 25.4. The van der Waals surface area contributed by atoms with E-state index >= 15 is 0 Å². The van der Waals surface area contributed by atoms with E-state index in [0.717, 1.165) is 22.5 Å². The number of hydrogen-bond acceptors (Lipinski definition) is 12. The quantitative estimate of drug-likeness (QED) is 0.155. The predicted octanol–water partition coefficient (Wildman–Crippen LogP) is -0.833. The molecule has 2 amide bonds. The molecule has 3 heterocycles. The summed E-state index contributed by atoms with van der Waals surface area (Å²) in [5, 5.41) is 16.4. The number of aliphatic carboxylic acids is 1. The Morgan fingerprint density at radius 2 is 2.09 bits per heavy atom. The maximum Gasteiger partial charge on any atom is 0.352 e. The molecule has 17 heteroatoms. The third-order valence-corrected chi connectivity index (χ3v) is 7.19. The van der Waals surface area contributed by atoms with Crippen LogP contribution in [-0.2, 0) is 38.8 Å². The number of thioether (sulfide) groups is 1. The molecular formula is C17H19N5O9S3. The average Bonchev–Trinajstić information content (AvgIpc) is 3.19. The lowest BCUT2D eigenvalue weighted by Crippen LogP contribution is -2.71. The minimum Gasteiger partial charge on any atom is -0.477 e. The highest BCUT2D eigenvalue weighted by molar-refractivity contribution is 8.00. The van der Waals surface area contributed by atoms with Gasteiger partial charge in [-0.05, 0) is 0 Å². The van der Waals surface area contributed by atoms with E-state index in [-0.39, 0.29) is 40.2 Å². The number of carboxylic acid groups (broad SMARTS) is 1. The van der Waals surface area contributed by atoms with Gasteiger partial charge < -0.3 is 20.0 Å². The number of oxime groups is 1. The Morgan fingerprint density at radius 1 is 1.38 bits per heavy atom. The number of β-lactam (4-membered cyclic amide) rings is 1. The van der Waals surface area contributed by atoms with Crippen molar-refractivity contribution in [3.05, 3.63) is 22.3 Å². The van der Waals surface area contributed by atoms with Crippen molar-refractivity contribution in [2.24, 2.45) is 5.16 Å². The predicted molar refractivity (Wildman–Crippen MR) is 120 cm³/mol. The zero-order valence-corrected chi connectivity index (χ0v) is 20.4. The average molecular weight is 534 g/mol. The summed E-state index contributed by atoms with van der Waals surface area (Å²) in [4.78, 5) is 58.2. The van der Waals surface area contributed by atoms with Gasteiger partial charge in [-0.1, -0.05) is 5.16 Å². The molecule has 0 aromatic carbocycles. The maximum absolute atomic E-state index is 12.8. The fraction of sp³-hybridized carbons (Fsp3) is 0.412. The van der Waals surface area contributed by atoms with Crippen LogP contribution in [0.4, 0.5) is 5.13 Å². The number of carboxylic acids is 1. The minimum absolute atomic E-state index is 0.000573. The SMILES string of the molecule is CON=C(C(=O)N[C@@H]1C(=O)N2C(C(=O)O)=C(COC(C)=O)CS[C@H]12)c1csc(NS(C)(=O)=O)n1. The lowest BCUT2D eigenvalue weighted by molar-refractivity contribution is -0.150. The number of esters is 1. The summed E-state index contributed by atoms with van der Waals surface area (Å²) in [6.45, 7) is 0.914. The Labute approximate surface area is 201 Å². The highest BCUT2D eigenvalue weighted by Gasteiger charge is 2.54. The lowest BCUT2D eigenvalue weighted by atomic mass is 10.0. The first-order valence-corrected chi connectivity index (χ1v) is 13.1. The second-order valence-electron chi connectivity index (χ2n) is 6.93. The molecule has 2 aliphatic heterocycles. The fourth-order valence-corrected chi connectivity index (χ4v) is 5.95. The van der Waals surface area contributed by atoms with E-state index in [0.29, 0.717) is 0 Å². The topological polar surface area (TPSA) is 194 Å². The summed E-state index contributed by atoms with van der Waals surface area (Å²) in [6.07, 6.45) is 0.943. The van der Waals surface area contributed by atoms with E-state index < -0.39 is 45.2 Å². The Balaban J connectivity index is 1.77. The number of fused-ring (bicyclic) bond motifs is 1. The molecule has 1 saturated heterocycles. The Kier molecular flexibility index (Phi) is 7.47. The largest absolute Gasteiger partial charge is 0.477 e.